The molecule has 2 rings (SSSR count). The zero-order valence-electron chi connectivity index (χ0n) is 12.5. The summed E-state index contributed by atoms with van der Waals surface area (Å²) in [5.41, 5.74) is 5.94. The van der Waals surface area contributed by atoms with Gasteiger partial charge in [-0.1, -0.05) is 0 Å². The van der Waals surface area contributed by atoms with Crippen LogP contribution in [0.15, 0.2) is 41.5 Å². The first-order valence-corrected chi connectivity index (χ1v) is 6.49. The lowest BCUT2D eigenvalue weighted by molar-refractivity contribution is 0.0869. The molecule has 2 N–H and O–H groups in total. The number of aromatic nitrogens is 1. The quantitative estimate of drug-likeness (QED) is 0.693. The van der Waals surface area contributed by atoms with Crippen LogP contribution in [0, 0.1) is 11.6 Å². The maximum absolute atomic E-state index is 13.1. The van der Waals surface area contributed by atoms with E-state index in [0.29, 0.717) is 11.9 Å². The molecule has 2 aromatic rings. The molecule has 0 bridgehead atoms. The van der Waals surface area contributed by atoms with Crippen molar-refractivity contribution < 1.29 is 18.3 Å². The standard InChI is InChI=1S/C15H14F2N4O2/c1-21(14(22)9-3-4-13(23-2)19-8-9)15(18)20-12-6-10(16)5-11(17)7-12/h3-8H,1-2H3,(H2,18,20). The topological polar surface area (TPSA) is 80.8 Å². The van der Waals surface area contributed by atoms with Crippen molar-refractivity contribution in [2.75, 3.05) is 14.2 Å². The van der Waals surface area contributed by atoms with Crippen molar-refractivity contribution in [1.29, 1.82) is 0 Å². The van der Waals surface area contributed by atoms with Crippen LogP contribution in [0.4, 0.5) is 14.5 Å². The summed E-state index contributed by atoms with van der Waals surface area (Å²) >= 11 is 0. The molecule has 23 heavy (non-hydrogen) atoms. The Kier molecular flexibility index (Phi) is 4.85. The Balaban J connectivity index is 2.21. The van der Waals surface area contributed by atoms with Crippen LogP contribution in [-0.4, -0.2) is 35.9 Å². The second kappa shape index (κ2) is 6.82. The third-order valence-electron chi connectivity index (χ3n) is 2.93. The first-order chi connectivity index (χ1) is 10.9. The van der Waals surface area contributed by atoms with Gasteiger partial charge in [0.2, 0.25) is 11.8 Å². The summed E-state index contributed by atoms with van der Waals surface area (Å²) < 4.78 is 31.2. The largest absolute Gasteiger partial charge is 0.481 e. The van der Waals surface area contributed by atoms with E-state index in [1.807, 2.05) is 0 Å². The van der Waals surface area contributed by atoms with Gasteiger partial charge in [0.05, 0.1) is 18.4 Å². The molecule has 0 spiro atoms. The van der Waals surface area contributed by atoms with Crippen molar-refractivity contribution in [3.63, 3.8) is 0 Å². The molecule has 0 saturated carbocycles. The van der Waals surface area contributed by atoms with E-state index in [0.717, 1.165) is 17.0 Å². The minimum absolute atomic E-state index is 0.0347. The number of benzene rings is 1. The number of hydrogen-bond acceptors (Lipinski definition) is 4. The van der Waals surface area contributed by atoms with Gasteiger partial charge in [0.25, 0.3) is 5.91 Å². The lowest BCUT2D eigenvalue weighted by Crippen LogP contribution is -2.38. The van der Waals surface area contributed by atoms with Crippen molar-refractivity contribution in [2.45, 2.75) is 0 Å². The zero-order chi connectivity index (χ0) is 17.0. The van der Waals surface area contributed by atoms with E-state index < -0.39 is 17.5 Å². The van der Waals surface area contributed by atoms with Gasteiger partial charge in [0.1, 0.15) is 11.6 Å². The smallest absolute Gasteiger partial charge is 0.261 e. The first-order valence-electron chi connectivity index (χ1n) is 6.49. The van der Waals surface area contributed by atoms with Crippen LogP contribution in [0.1, 0.15) is 10.4 Å². The Hall–Kier alpha value is -3.03. The number of carbonyl (C=O) groups excluding carboxylic acids is 1. The van der Waals surface area contributed by atoms with Gasteiger partial charge in [-0.2, -0.15) is 0 Å². The number of guanidine groups is 1. The normalized spacial score (nSPS) is 11.2. The van der Waals surface area contributed by atoms with E-state index in [2.05, 4.69) is 9.98 Å². The highest BCUT2D eigenvalue weighted by molar-refractivity contribution is 6.05. The summed E-state index contributed by atoms with van der Waals surface area (Å²) in [6, 6.07) is 5.76. The predicted octanol–water partition coefficient (Wildman–Crippen LogP) is 2.09. The second-order valence-corrected chi connectivity index (χ2v) is 4.55. The highest BCUT2D eigenvalue weighted by Crippen LogP contribution is 2.16. The lowest BCUT2D eigenvalue weighted by Gasteiger charge is -2.16. The number of ether oxygens (including phenoxy) is 1. The molecule has 1 heterocycles. The van der Waals surface area contributed by atoms with Crippen LogP contribution in [0.25, 0.3) is 0 Å². The molecule has 8 heteroatoms. The molecule has 0 aliphatic carbocycles. The summed E-state index contributed by atoms with van der Waals surface area (Å²) in [6.45, 7) is 0. The van der Waals surface area contributed by atoms with Gasteiger partial charge in [-0.3, -0.25) is 9.69 Å². The summed E-state index contributed by atoms with van der Waals surface area (Å²) in [5, 5.41) is 0. The molecular formula is C15H14F2N4O2. The van der Waals surface area contributed by atoms with Crippen LogP contribution in [-0.2, 0) is 0 Å². The van der Waals surface area contributed by atoms with Gasteiger partial charge >= 0.3 is 0 Å². The molecule has 0 fully saturated rings. The molecule has 0 unspecified atom stereocenters. The van der Waals surface area contributed by atoms with Crippen LogP contribution >= 0.6 is 0 Å². The molecule has 0 aliphatic rings. The van der Waals surface area contributed by atoms with E-state index >= 15 is 0 Å². The Morgan fingerprint density at radius 1 is 1.26 bits per heavy atom. The van der Waals surface area contributed by atoms with Gasteiger partial charge in [0.15, 0.2) is 0 Å². The van der Waals surface area contributed by atoms with Crippen molar-refractivity contribution in [3.05, 3.63) is 53.7 Å². The predicted molar refractivity (Wildman–Crippen MR) is 80.5 cm³/mol. The lowest BCUT2D eigenvalue weighted by atomic mass is 10.2. The van der Waals surface area contributed by atoms with Crippen molar-refractivity contribution >= 4 is 17.6 Å². The number of nitrogens with two attached hydrogens (primary N) is 1. The van der Waals surface area contributed by atoms with Crippen LogP contribution in [0.3, 0.4) is 0 Å². The summed E-state index contributed by atoms with van der Waals surface area (Å²) in [4.78, 5) is 21.0. The highest BCUT2D eigenvalue weighted by Gasteiger charge is 2.15. The van der Waals surface area contributed by atoms with Crippen LogP contribution < -0.4 is 10.5 Å². The average molecular weight is 320 g/mol. The Labute approximate surface area is 131 Å². The maximum atomic E-state index is 13.1. The summed E-state index contributed by atoms with van der Waals surface area (Å²) in [5.74, 6) is -1.90. The van der Waals surface area contributed by atoms with Gasteiger partial charge in [0, 0.05) is 25.4 Å². The number of rotatable bonds is 3. The number of amides is 1. The Bertz CT molecular complexity index is 727. The molecular weight excluding hydrogens is 306 g/mol. The molecule has 1 amide bonds. The van der Waals surface area contributed by atoms with E-state index in [-0.39, 0.29) is 17.2 Å². The number of halogens is 2. The van der Waals surface area contributed by atoms with Crippen LogP contribution in [0.2, 0.25) is 0 Å². The molecule has 1 aromatic heterocycles. The van der Waals surface area contributed by atoms with Crippen molar-refractivity contribution in [1.82, 2.24) is 9.88 Å². The summed E-state index contributed by atoms with van der Waals surface area (Å²) in [7, 11) is 2.85. The molecule has 1 aromatic carbocycles. The average Bonchev–Trinajstić information content (AvgIpc) is 2.52. The molecule has 0 radical (unpaired) electrons. The fourth-order valence-electron chi connectivity index (χ4n) is 1.74. The van der Waals surface area contributed by atoms with Crippen LogP contribution in [0.5, 0.6) is 5.88 Å². The number of aliphatic imine (C=N–C) groups is 1. The minimum Gasteiger partial charge on any atom is -0.481 e. The minimum atomic E-state index is -0.787. The van der Waals surface area contributed by atoms with E-state index in [1.54, 1.807) is 0 Å². The zero-order valence-corrected chi connectivity index (χ0v) is 12.5. The SMILES string of the molecule is COc1ccc(C(=O)N(C)/C(N)=N\c2cc(F)cc(F)c2)cn1. The van der Waals surface area contributed by atoms with Gasteiger partial charge in [-0.25, -0.2) is 18.8 Å². The molecule has 0 atom stereocenters. The monoisotopic (exact) mass is 320 g/mol. The first kappa shape index (κ1) is 16.3. The van der Waals surface area contributed by atoms with Gasteiger partial charge in [-0.15, -0.1) is 0 Å². The molecule has 0 saturated heterocycles. The fourth-order valence-corrected chi connectivity index (χ4v) is 1.74. The summed E-state index contributed by atoms with van der Waals surface area (Å²) in [6.07, 6.45) is 1.33. The third kappa shape index (κ3) is 4.00. The number of nitrogens with zero attached hydrogens (tertiary/aromatic N) is 3. The maximum Gasteiger partial charge on any atom is 0.261 e. The molecule has 120 valence electrons. The Morgan fingerprint density at radius 3 is 2.43 bits per heavy atom. The third-order valence-corrected chi connectivity index (χ3v) is 2.93. The van der Waals surface area contributed by atoms with E-state index in [9.17, 15) is 13.6 Å². The number of carbonyl (C=O) groups is 1. The number of methoxy groups -OCH3 is 1. The Morgan fingerprint density at radius 2 is 1.91 bits per heavy atom. The van der Waals surface area contributed by atoms with E-state index in [1.165, 1.54) is 32.5 Å². The van der Waals surface area contributed by atoms with Gasteiger partial charge < -0.3 is 10.5 Å². The van der Waals surface area contributed by atoms with Crippen molar-refractivity contribution in [3.8, 4) is 5.88 Å². The highest BCUT2D eigenvalue weighted by atomic mass is 19.1. The second-order valence-electron chi connectivity index (χ2n) is 4.55. The fraction of sp³-hybridized carbons (Fsp3) is 0.133. The number of hydrogen-bond donors (Lipinski definition) is 1. The van der Waals surface area contributed by atoms with Crippen molar-refractivity contribution in [2.24, 2.45) is 10.7 Å². The molecule has 0 aliphatic heterocycles. The van der Waals surface area contributed by atoms with E-state index in [4.69, 9.17) is 10.5 Å². The number of pyridine rings is 1. The van der Waals surface area contributed by atoms with Gasteiger partial charge in [-0.05, 0) is 18.2 Å². The molecule has 6 nitrogen and oxygen atoms in total.